The van der Waals surface area contributed by atoms with E-state index in [1.54, 1.807) is 26.1 Å². The minimum absolute atomic E-state index is 0.160. The first-order valence-electron chi connectivity index (χ1n) is 12.6. The van der Waals surface area contributed by atoms with Crippen LogP contribution in [0.1, 0.15) is 71.3 Å². The third kappa shape index (κ3) is 5.47. The molecule has 7 heteroatoms. The van der Waals surface area contributed by atoms with Gasteiger partial charge >= 0.3 is 0 Å². The molecule has 0 atom stereocenters. The van der Waals surface area contributed by atoms with Crippen LogP contribution in [0, 0.1) is 20.8 Å². The Kier molecular flexibility index (Phi) is 7.28. The van der Waals surface area contributed by atoms with Gasteiger partial charge in [0.1, 0.15) is 5.60 Å². The minimum atomic E-state index is -1.02. The zero-order valence-electron chi connectivity index (χ0n) is 22.3. The lowest BCUT2D eigenvalue weighted by Gasteiger charge is -2.17. The molecule has 0 unspecified atom stereocenters. The maximum absolute atomic E-state index is 13.2. The summed E-state index contributed by atoms with van der Waals surface area (Å²) < 4.78 is 0. The monoisotopic (exact) mass is 498 g/mol. The van der Waals surface area contributed by atoms with Crippen molar-refractivity contribution in [1.82, 2.24) is 20.3 Å². The molecule has 192 valence electrons. The van der Waals surface area contributed by atoms with E-state index in [9.17, 15) is 14.7 Å². The lowest BCUT2D eigenvalue weighted by molar-refractivity contribution is 0.0738. The van der Waals surface area contributed by atoms with Crippen molar-refractivity contribution in [2.75, 3.05) is 0 Å². The van der Waals surface area contributed by atoms with Crippen molar-refractivity contribution in [1.29, 1.82) is 0 Å². The predicted octanol–water partition coefficient (Wildman–Crippen LogP) is 5.02. The molecule has 1 aromatic carbocycles. The molecule has 4 aromatic rings. The molecule has 1 amide bonds. The van der Waals surface area contributed by atoms with Crippen LogP contribution in [0.15, 0.2) is 47.4 Å². The van der Waals surface area contributed by atoms with E-state index in [4.69, 9.17) is 4.98 Å². The van der Waals surface area contributed by atoms with Gasteiger partial charge in [0.25, 0.3) is 11.5 Å². The van der Waals surface area contributed by atoms with Gasteiger partial charge in [-0.05, 0) is 82.0 Å². The Morgan fingerprint density at radius 3 is 2.51 bits per heavy atom. The van der Waals surface area contributed by atoms with Gasteiger partial charge in [-0.15, -0.1) is 0 Å². The fourth-order valence-corrected chi connectivity index (χ4v) is 4.69. The number of hydrogen-bond acceptors (Lipinski definition) is 5. The number of benzene rings is 1. The number of amides is 1. The number of hydrogen-bond donors (Lipinski definition) is 3. The number of aliphatic hydroxyl groups is 1. The standard InChI is InChI=1S/C30H34N4O3/c1-7-8-20-13-17(2)34-29(36)25(20)16-32-28(35)22-10-11-23-24(14-18(3)33-27(23)19(22)4)21-9-12-26(31-15-21)30(5,6)37/h9-15,37H,7-8,16H2,1-6H3,(H,32,35)(H,34,36). The fourth-order valence-electron chi connectivity index (χ4n) is 4.69. The van der Waals surface area contributed by atoms with E-state index in [0.29, 0.717) is 16.8 Å². The summed E-state index contributed by atoms with van der Waals surface area (Å²) in [5, 5.41) is 14.1. The van der Waals surface area contributed by atoms with Crippen LogP contribution in [0.4, 0.5) is 0 Å². The lowest BCUT2D eigenvalue weighted by Crippen LogP contribution is -2.29. The Balaban J connectivity index is 1.68. The summed E-state index contributed by atoms with van der Waals surface area (Å²) in [6, 6.07) is 11.5. The number of aromatic amines is 1. The number of nitrogens with zero attached hydrogens (tertiary/aromatic N) is 2. The number of aryl methyl sites for hydroxylation is 4. The average molecular weight is 499 g/mol. The molecule has 0 saturated heterocycles. The van der Waals surface area contributed by atoms with Crippen LogP contribution in [-0.2, 0) is 18.6 Å². The first-order chi connectivity index (χ1) is 17.5. The van der Waals surface area contributed by atoms with E-state index in [2.05, 4.69) is 22.2 Å². The number of carbonyl (C=O) groups is 1. The number of fused-ring (bicyclic) bond motifs is 1. The summed E-state index contributed by atoms with van der Waals surface area (Å²) >= 11 is 0. The number of pyridine rings is 3. The Hall–Kier alpha value is -3.84. The third-order valence-electron chi connectivity index (χ3n) is 6.62. The van der Waals surface area contributed by atoms with Crippen LogP contribution in [0.2, 0.25) is 0 Å². The highest BCUT2D eigenvalue weighted by Gasteiger charge is 2.19. The van der Waals surface area contributed by atoms with Gasteiger partial charge in [-0.2, -0.15) is 0 Å². The van der Waals surface area contributed by atoms with Crippen molar-refractivity contribution in [2.24, 2.45) is 0 Å². The molecule has 0 aliphatic heterocycles. The third-order valence-corrected chi connectivity index (χ3v) is 6.62. The molecule has 3 aromatic heterocycles. The quantitative estimate of drug-likeness (QED) is 0.332. The van der Waals surface area contributed by atoms with Crippen LogP contribution in [0.3, 0.4) is 0 Å². The summed E-state index contributed by atoms with van der Waals surface area (Å²) in [5.74, 6) is -0.247. The van der Waals surface area contributed by atoms with E-state index < -0.39 is 5.60 Å². The Morgan fingerprint density at radius 2 is 1.86 bits per heavy atom. The molecule has 0 radical (unpaired) electrons. The second-order valence-electron chi connectivity index (χ2n) is 10.2. The summed E-state index contributed by atoms with van der Waals surface area (Å²) in [4.78, 5) is 37.8. The van der Waals surface area contributed by atoms with Gasteiger partial charge in [0, 0.05) is 46.2 Å². The largest absolute Gasteiger partial charge is 0.384 e. The zero-order valence-corrected chi connectivity index (χ0v) is 22.3. The van der Waals surface area contributed by atoms with Crippen LogP contribution in [0.5, 0.6) is 0 Å². The highest BCUT2D eigenvalue weighted by molar-refractivity contribution is 6.03. The second kappa shape index (κ2) is 10.3. The summed E-state index contributed by atoms with van der Waals surface area (Å²) in [5.41, 5.74) is 6.51. The van der Waals surface area contributed by atoms with Crippen LogP contribution < -0.4 is 10.9 Å². The number of aromatic nitrogens is 3. The Labute approximate surface area is 217 Å². The molecule has 0 bridgehead atoms. The topological polar surface area (TPSA) is 108 Å². The highest BCUT2D eigenvalue weighted by atomic mass is 16.3. The van der Waals surface area contributed by atoms with Crippen molar-refractivity contribution < 1.29 is 9.90 Å². The highest BCUT2D eigenvalue weighted by Crippen LogP contribution is 2.32. The van der Waals surface area contributed by atoms with Crippen LogP contribution in [-0.4, -0.2) is 26.0 Å². The molecule has 0 aliphatic rings. The first kappa shape index (κ1) is 26.2. The maximum Gasteiger partial charge on any atom is 0.253 e. The molecule has 0 aliphatic carbocycles. The van der Waals surface area contributed by atoms with Gasteiger partial charge in [0.15, 0.2) is 0 Å². The Morgan fingerprint density at radius 1 is 1.11 bits per heavy atom. The molecule has 0 spiro atoms. The van der Waals surface area contributed by atoms with Crippen LogP contribution >= 0.6 is 0 Å². The molecule has 0 fully saturated rings. The van der Waals surface area contributed by atoms with Crippen LogP contribution in [0.25, 0.3) is 22.0 Å². The van der Waals surface area contributed by atoms with E-state index in [0.717, 1.165) is 57.4 Å². The van der Waals surface area contributed by atoms with Gasteiger partial charge in [0.2, 0.25) is 0 Å². The van der Waals surface area contributed by atoms with Crippen molar-refractivity contribution in [2.45, 2.75) is 66.5 Å². The number of H-pyrrole nitrogens is 1. The minimum Gasteiger partial charge on any atom is -0.384 e. The molecule has 37 heavy (non-hydrogen) atoms. The predicted molar refractivity (Wildman–Crippen MR) is 147 cm³/mol. The van der Waals surface area contributed by atoms with Crippen molar-refractivity contribution >= 4 is 16.8 Å². The molecule has 4 rings (SSSR count). The number of nitrogens with one attached hydrogen (secondary N) is 2. The fraction of sp³-hybridized carbons (Fsp3) is 0.333. The second-order valence-corrected chi connectivity index (χ2v) is 10.2. The van der Waals surface area contributed by atoms with Gasteiger partial charge in [-0.25, -0.2) is 0 Å². The molecule has 3 N–H and O–H groups in total. The zero-order chi connectivity index (χ0) is 26.9. The maximum atomic E-state index is 13.2. The van der Waals surface area contributed by atoms with Gasteiger partial charge in [-0.3, -0.25) is 19.6 Å². The first-order valence-corrected chi connectivity index (χ1v) is 12.6. The smallest absolute Gasteiger partial charge is 0.253 e. The molecule has 3 heterocycles. The normalized spacial score (nSPS) is 11.6. The molecular formula is C30H34N4O3. The average Bonchev–Trinajstić information content (AvgIpc) is 2.83. The Bertz CT molecular complexity index is 1530. The summed E-state index contributed by atoms with van der Waals surface area (Å²) in [7, 11) is 0. The van der Waals surface area contributed by atoms with Gasteiger partial charge in [0.05, 0.1) is 11.2 Å². The summed E-state index contributed by atoms with van der Waals surface area (Å²) in [6.45, 7) is 11.3. The molecule has 7 nitrogen and oxygen atoms in total. The van der Waals surface area contributed by atoms with Gasteiger partial charge in [-0.1, -0.05) is 25.5 Å². The van der Waals surface area contributed by atoms with Crippen molar-refractivity contribution in [3.8, 4) is 11.1 Å². The van der Waals surface area contributed by atoms with E-state index in [1.165, 1.54) is 0 Å². The molecule has 0 saturated carbocycles. The van der Waals surface area contributed by atoms with Gasteiger partial charge < -0.3 is 15.4 Å². The van der Waals surface area contributed by atoms with E-state index in [-0.39, 0.29) is 18.0 Å². The van der Waals surface area contributed by atoms with E-state index >= 15 is 0 Å². The number of rotatable bonds is 7. The lowest BCUT2D eigenvalue weighted by atomic mass is 9.95. The number of carbonyl (C=O) groups excluding carboxylic acids is 1. The van der Waals surface area contributed by atoms with Crippen molar-refractivity contribution in [3.05, 3.63) is 92.3 Å². The summed E-state index contributed by atoms with van der Waals surface area (Å²) in [6.07, 6.45) is 3.45. The SMILES string of the molecule is CCCc1cc(C)[nH]c(=O)c1CNC(=O)c1ccc2c(-c3ccc(C(C)(C)O)nc3)cc(C)nc2c1C. The van der Waals surface area contributed by atoms with Crippen molar-refractivity contribution in [3.63, 3.8) is 0 Å². The molecular weight excluding hydrogens is 464 g/mol. The van der Waals surface area contributed by atoms with E-state index in [1.807, 2.05) is 51.1 Å².